The fourth-order valence-electron chi connectivity index (χ4n) is 3.32. The van der Waals surface area contributed by atoms with Gasteiger partial charge in [0.25, 0.3) is 5.91 Å². The summed E-state index contributed by atoms with van der Waals surface area (Å²) in [4.78, 5) is 32.0. The summed E-state index contributed by atoms with van der Waals surface area (Å²) in [7, 11) is 0. The lowest BCUT2D eigenvalue weighted by Crippen LogP contribution is -2.63. The zero-order valence-electron chi connectivity index (χ0n) is 13.5. The van der Waals surface area contributed by atoms with Gasteiger partial charge in [0, 0.05) is 0 Å². The molecule has 0 aliphatic carbocycles. The number of rotatable bonds is 3. The van der Waals surface area contributed by atoms with Gasteiger partial charge >= 0.3 is 0 Å². The molecule has 1 spiro atoms. The summed E-state index contributed by atoms with van der Waals surface area (Å²) in [5.74, 6) is -1.01. The molecule has 2 aromatic rings. The topological polar surface area (TPSA) is 49.9 Å². The molecule has 2 aliphatic rings. The Morgan fingerprint density at radius 3 is 2.48 bits per heavy atom. The van der Waals surface area contributed by atoms with E-state index in [-0.39, 0.29) is 36.9 Å². The van der Waals surface area contributed by atoms with Crippen molar-refractivity contribution in [3.63, 3.8) is 0 Å². The molecule has 5 nitrogen and oxygen atoms in total. The Morgan fingerprint density at radius 2 is 1.76 bits per heavy atom. The summed E-state index contributed by atoms with van der Waals surface area (Å²) in [5, 5.41) is 1.36. The summed E-state index contributed by atoms with van der Waals surface area (Å²) < 4.78 is 13.8. The fourth-order valence-corrected chi connectivity index (χ4v) is 3.32. The number of carbonyl (C=O) groups is 2. The van der Waals surface area contributed by atoms with E-state index >= 15 is 0 Å². The molecule has 0 unspecified atom stereocenters. The highest BCUT2D eigenvalue weighted by atomic mass is 19.1. The van der Waals surface area contributed by atoms with E-state index in [1.807, 2.05) is 30.3 Å². The van der Waals surface area contributed by atoms with Gasteiger partial charge in [-0.05, 0) is 17.7 Å². The van der Waals surface area contributed by atoms with Gasteiger partial charge in [0.05, 0.1) is 31.6 Å². The second-order valence-electron chi connectivity index (χ2n) is 6.51. The van der Waals surface area contributed by atoms with Crippen LogP contribution in [-0.2, 0) is 16.2 Å². The van der Waals surface area contributed by atoms with Gasteiger partial charge in [0.2, 0.25) is 5.91 Å². The first-order valence-electron chi connectivity index (χ1n) is 8.14. The van der Waals surface area contributed by atoms with Crippen molar-refractivity contribution in [2.75, 3.05) is 13.1 Å². The van der Waals surface area contributed by atoms with Gasteiger partial charge in [-0.2, -0.15) is 0 Å². The Bertz CT molecular complexity index is 818. The second-order valence-corrected chi connectivity index (χ2v) is 6.51. The number of hydrogen-bond donors (Lipinski definition) is 0. The Hall–Kier alpha value is -2.73. The van der Waals surface area contributed by atoms with Crippen molar-refractivity contribution >= 4 is 11.8 Å². The van der Waals surface area contributed by atoms with E-state index in [0.29, 0.717) is 6.54 Å². The average Bonchev–Trinajstić information content (AvgIpc) is 2.91. The Balaban J connectivity index is 1.40. The summed E-state index contributed by atoms with van der Waals surface area (Å²) in [6.45, 7) is 0.955. The lowest BCUT2D eigenvalue weighted by Gasteiger charge is -2.45. The van der Waals surface area contributed by atoms with Crippen LogP contribution in [0.3, 0.4) is 0 Å². The maximum Gasteiger partial charge on any atom is 0.257 e. The van der Waals surface area contributed by atoms with Gasteiger partial charge in [0.15, 0.2) is 0 Å². The molecule has 0 bridgehead atoms. The molecule has 128 valence electrons. The quantitative estimate of drug-likeness (QED) is 0.862. The predicted molar refractivity (Wildman–Crippen MR) is 87.7 cm³/mol. The Labute approximate surface area is 144 Å². The van der Waals surface area contributed by atoms with Crippen molar-refractivity contribution in [2.45, 2.75) is 18.6 Å². The highest BCUT2D eigenvalue weighted by Crippen LogP contribution is 2.37. The van der Waals surface area contributed by atoms with Gasteiger partial charge < -0.3 is 4.90 Å². The monoisotopic (exact) mass is 340 g/mol. The number of carbonyl (C=O) groups excluding carboxylic acids is 2. The molecule has 0 aromatic heterocycles. The maximum atomic E-state index is 13.8. The highest BCUT2D eigenvalue weighted by Gasteiger charge is 2.55. The van der Waals surface area contributed by atoms with Crippen LogP contribution in [-0.4, -0.2) is 40.5 Å². The van der Waals surface area contributed by atoms with Gasteiger partial charge in [-0.1, -0.05) is 42.5 Å². The van der Waals surface area contributed by atoms with Crippen molar-refractivity contribution in [1.29, 1.82) is 0 Å². The van der Waals surface area contributed by atoms with Crippen LogP contribution in [0.25, 0.3) is 0 Å². The van der Waals surface area contributed by atoms with Gasteiger partial charge in [-0.15, -0.1) is 0 Å². The van der Waals surface area contributed by atoms with Gasteiger partial charge in [-0.3, -0.25) is 14.4 Å². The number of amides is 2. The van der Waals surface area contributed by atoms with Crippen LogP contribution in [0.5, 0.6) is 0 Å². The van der Waals surface area contributed by atoms with E-state index in [9.17, 15) is 14.0 Å². The largest absolute Gasteiger partial charge is 0.332 e. The van der Waals surface area contributed by atoms with Crippen LogP contribution in [0.2, 0.25) is 0 Å². The van der Waals surface area contributed by atoms with Crippen LogP contribution >= 0.6 is 0 Å². The van der Waals surface area contributed by atoms with Gasteiger partial charge in [0.1, 0.15) is 11.4 Å². The second kappa shape index (κ2) is 5.97. The molecule has 2 aromatic carbocycles. The molecule has 0 saturated carbocycles. The van der Waals surface area contributed by atoms with Crippen LogP contribution in [0.1, 0.15) is 22.3 Å². The fraction of sp³-hybridized carbons (Fsp3) is 0.263. The summed E-state index contributed by atoms with van der Waals surface area (Å²) in [5.41, 5.74) is 0.349. The van der Waals surface area contributed by atoms with E-state index < -0.39 is 11.4 Å². The lowest BCUT2D eigenvalue weighted by molar-refractivity contribution is -0.233. The lowest BCUT2D eigenvalue weighted by atomic mass is 9.90. The normalized spacial score (nSPS) is 18.5. The first-order valence-corrected chi connectivity index (χ1v) is 8.14. The van der Waals surface area contributed by atoms with Crippen LogP contribution in [0.4, 0.5) is 4.39 Å². The molecule has 0 radical (unpaired) electrons. The average molecular weight is 340 g/mol. The zero-order chi connectivity index (χ0) is 17.4. The van der Waals surface area contributed by atoms with Crippen LogP contribution in [0, 0.1) is 5.82 Å². The highest BCUT2D eigenvalue weighted by molar-refractivity contribution is 5.95. The van der Waals surface area contributed by atoms with Crippen LogP contribution in [0.15, 0.2) is 54.6 Å². The molecule has 2 amide bonds. The molecular weight excluding hydrogens is 323 g/mol. The van der Waals surface area contributed by atoms with Crippen molar-refractivity contribution in [3.8, 4) is 0 Å². The molecule has 2 saturated heterocycles. The standard InChI is InChI=1S/C19H17FN2O3/c20-16-9-5-4-8-15(16)18(24)21-12-19(13-21)10-17(23)22(25-19)11-14-6-2-1-3-7-14/h1-9H,10-13H2. The first-order chi connectivity index (χ1) is 12.1. The van der Waals surface area contributed by atoms with Crippen molar-refractivity contribution < 1.29 is 18.8 Å². The molecular formula is C19H17FN2O3. The van der Waals surface area contributed by atoms with Crippen molar-refractivity contribution in [1.82, 2.24) is 9.96 Å². The molecule has 2 heterocycles. The van der Waals surface area contributed by atoms with E-state index in [4.69, 9.17) is 4.84 Å². The Morgan fingerprint density at radius 1 is 1.08 bits per heavy atom. The number of likely N-dealkylation sites (tertiary alicyclic amines) is 1. The summed E-state index contributed by atoms with van der Waals surface area (Å²) in [6, 6.07) is 15.5. The maximum absolute atomic E-state index is 13.8. The zero-order valence-corrected chi connectivity index (χ0v) is 13.5. The van der Waals surface area contributed by atoms with E-state index in [2.05, 4.69) is 0 Å². The SMILES string of the molecule is O=C(c1ccccc1F)N1CC2(CC(=O)N(Cc3ccccc3)O2)C1. The van der Waals surface area contributed by atoms with Crippen LogP contribution < -0.4 is 0 Å². The number of benzene rings is 2. The predicted octanol–water partition coefficient (Wildman–Crippen LogP) is 2.38. The number of nitrogens with zero attached hydrogens (tertiary/aromatic N) is 2. The number of hydroxylamine groups is 2. The summed E-state index contributed by atoms with van der Waals surface area (Å²) >= 11 is 0. The first kappa shape index (κ1) is 15.8. The molecule has 4 rings (SSSR count). The number of hydrogen-bond acceptors (Lipinski definition) is 3. The van der Waals surface area contributed by atoms with Gasteiger partial charge in [-0.25, -0.2) is 9.45 Å². The minimum absolute atomic E-state index is 0.0443. The van der Waals surface area contributed by atoms with Crippen molar-refractivity contribution in [2.24, 2.45) is 0 Å². The summed E-state index contributed by atoms with van der Waals surface area (Å²) in [6.07, 6.45) is 0.237. The minimum atomic E-state index is -0.674. The van der Waals surface area contributed by atoms with E-state index in [1.54, 1.807) is 12.1 Å². The Kier molecular flexibility index (Phi) is 3.77. The molecule has 0 atom stereocenters. The molecule has 0 N–H and O–H groups in total. The van der Waals surface area contributed by atoms with E-state index in [0.717, 1.165) is 5.56 Å². The van der Waals surface area contributed by atoms with Crippen molar-refractivity contribution in [3.05, 3.63) is 71.5 Å². The van der Waals surface area contributed by atoms with E-state index in [1.165, 1.54) is 22.1 Å². The molecule has 2 fully saturated rings. The third kappa shape index (κ3) is 2.89. The molecule has 6 heteroatoms. The number of halogens is 1. The molecule has 25 heavy (non-hydrogen) atoms. The third-order valence-electron chi connectivity index (χ3n) is 4.57. The minimum Gasteiger partial charge on any atom is -0.332 e. The molecule has 2 aliphatic heterocycles. The third-order valence-corrected chi connectivity index (χ3v) is 4.57. The smallest absolute Gasteiger partial charge is 0.257 e.